The molecular weight excluding hydrogens is 306 g/mol. The highest BCUT2D eigenvalue weighted by Gasteiger charge is 2.30. The van der Waals surface area contributed by atoms with Gasteiger partial charge in [0.1, 0.15) is 6.10 Å². The van der Waals surface area contributed by atoms with E-state index in [0.29, 0.717) is 19.8 Å². The summed E-state index contributed by atoms with van der Waals surface area (Å²) in [6, 6.07) is 8.57. The van der Waals surface area contributed by atoms with Crippen molar-refractivity contribution in [2.75, 3.05) is 20.3 Å². The fourth-order valence-corrected chi connectivity index (χ4v) is 2.84. The summed E-state index contributed by atoms with van der Waals surface area (Å²) in [5, 5.41) is 7.78. The number of nitrogens with one attached hydrogen (secondary N) is 1. The van der Waals surface area contributed by atoms with Gasteiger partial charge in [0.15, 0.2) is 5.75 Å². The van der Waals surface area contributed by atoms with Crippen LogP contribution in [0.25, 0.3) is 0 Å². The minimum absolute atomic E-state index is 0.00154. The summed E-state index contributed by atoms with van der Waals surface area (Å²) in [4.78, 5) is 0. The van der Waals surface area contributed by atoms with Crippen LogP contribution in [0.4, 0.5) is 0 Å². The van der Waals surface area contributed by atoms with Gasteiger partial charge in [-0.1, -0.05) is 24.3 Å². The summed E-state index contributed by atoms with van der Waals surface area (Å²) in [5.74, 6) is 0.793. The van der Waals surface area contributed by atoms with E-state index in [9.17, 15) is 0 Å². The molecule has 0 amide bonds. The average molecular weight is 331 g/mol. The van der Waals surface area contributed by atoms with Crippen LogP contribution in [0.2, 0.25) is 0 Å². The Morgan fingerprint density at radius 1 is 1.33 bits per heavy atom. The van der Waals surface area contributed by atoms with Crippen molar-refractivity contribution < 1.29 is 14.2 Å². The number of hydrogen-bond donors (Lipinski definition) is 1. The second kappa shape index (κ2) is 8.28. The molecule has 24 heavy (non-hydrogen) atoms. The van der Waals surface area contributed by atoms with E-state index in [2.05, 4.69) is 41.6 Å². The van der Waals surface area contributed by atoms with Gasteiger partial charge in [0.25, 0.3) is 0 Å². The Morgan fingerprint density at radius 3 is 3.00 bits per heavy atom. The van der Waals surface area contributed by atoms with E-state index in [1.54, 1.807) is 13.3 Å². The highest BCUT2D eigenvalue weighted by molar-refractivity contribution is 5.23. The Morgan fingerprint density at radius 2 is 2.21 bits per heavy atom. The normalized spacial score (nSPS) is 20.4. The zero-order valence-corrected chi connectivity index (χ0v) is 14.3. The molecule has 1 fully saturated rings. The zero-order chi connectivity index (χ0) is 16.8. The van der Waals surface area contributed by atoms with Crippen LogP contribution in [0.1, 0.15) is 18.1 Å². The van der Waals surface area contributed by atoms with Crippen LogP contribution in [-0.2, 0) is 29.2 Å². The highest BCUT2D eigenvalue weighted by Crippen LogP contribution is 2.17. The van der Waals surface area contributed by atoms with E-state index >= 15 is 0 Å². The summed E-state index contributed by atoms with van der Waals surface area (Å²) in [6.45, 7) is 5.55. The van der Waals surface area contributed by atoms with Crippen LogP contribution >= 0.6 is 0 Å². The van der Waals surface area contributed by atoms with E-state index < -0.39 is 0 Å². The maximum absolute atomic E-state index is 6.03. The fourth-order valence-electron chi connectivity index (χ4n) is 2.84. The topological polar surface area (TPSA) is 57.5 Å². The highest BCUT2D eigenvalue weighted by atomic mass is 16.5. The number of rotatable bonds is 8. The predicted octanol–water partition coefficient (Wildman–Crippen LogP) is 1.99. The quantitative estimate of drug-likeness (QED) is 0.802. The first-order valence-electron chi connectivity index (χ1n) is 8.35. The van der Waals surface area contributed by atoms with Crippen molar-refractivity contribution in [3.05, 3.63) is 47.8 Å². The lowest BCUT2D eigenvalue weighted by molar-refractivity contribution is 0.139. The van der Waals surface area contributed by atoms with Crippen LogP contribution in [0.3, 0.4) is 0 Å². The van der Waals surface area contributed by atoms with Crippen molar-refractivity contribution >= 4 is 0 Å². The third kappa shape index (κ3) is 4.35. The first kappa shape index (κ1) is 17.0. The van der Waals surface area contributed by atoms with Gasteiger partial charge in [-0.2, -0.15) is 5.10 Å². The molecule has 1 N–H and O–H groups in total. The Bertz CT molecular complexity index is 644. The van der Waals surface area contributed by atoms with Crippen molar-refractivity contribution in [1.29, 1.82) is 0 Å². The smallest absolute Gasteiger partial charge is 0.157 e. The summed E-state index contributed by atoms with van der Waals surface area (Å²) >= 11 is 0. The average Bonchev–Trinajstić information content (AvgIpc) is 3.23. The zero-order valence-electron chi connectivity index (χ0n) is 14.3. The molecule has 0 saturated carbocycles. The first-order chi connectivity index (χ1) is 11.8. The van der Waals surface area contributed by atoms with Gasteiger partial charge in [-0.15, -0.1) is 0 Å². The Labute approximate surface area is 142 Å². The largest absolute Gasteiger partial charge is 0.483 e. The molecule has 2 aromatic rings. The van der Waals surface area contributed by atoms with Gasteiger partial charge in [0.05, 0.1) is 38.3 Å². The molecule has 0 bridgehead atoms. The van der Waals surface area contributed by atoms with Crippen molar-refractivity contribution in [2.24, 2.45) is 0 Å². The predicted molar refractivity (Wildman–Crippen MR) is 90.9 cm³/mol. The van der Waals surface area contributed by atoms with Crippen molar-refractivity contribution in [1.82, 2.24) is 15.1 Å². The van der Waals surface area contributed by atoms with E-state index in [0.717, 1.165) is 18.8 Å². The maximum atomic E-state index is 6.03. The van der Waals surface area contributed by atoms with Crippen molar-refractivity contribution in [2.45, 2.75) is 38.8 Å². The molecule has 0 unspecified atom stereocenters. The molecule has 1 aromatic carbocycles. The van der Waals surface area contributed by atoms with Gasteiger partial charge >= 0.3 is 0 Å². The molecule has 1 aromatic heterocycles. The molecule has 2 heterocycles. The van der Waals surface area contributed by atoms with Gasteiger partial charge < -0.3 is 19.5 Å². The third-order valence-electron chi connectivity index (χ3n) is 4.12. The molecule has 0 spiro atoms. The van der Waals surface area contributed by atoms with Gasteiger partial charge in [0.2, 0.25) is 0 Å². The number of hydrogen-bond acceptors (Lipinski definition) is 5. The standard InChI is InChI=1S/C18H25N3O3/c1-3-21-10-16(9-20-21)24-18-13-23-12-17(18)19-8-14-5-4-6-15(7-14)11-22-2/h4-7,9-10,17-19H,3,8,11-13H2,1-2H3/t17-,18+/m0/s1. The van der Waals surface area contributed by atoms with Gasteiger partial charge in [-0.3, -0.25) is 4.68 Å². The number of methoxy groups -OCH3 is 1. The van der Waals surface area contributed by atoms with Crippen LogP contribution in [0.5, 0.6) is 5.75 Å². The molecule has 3 rings (SSSR count). The molecule has 130 valence electrons. The lowest BCUT2D eigenvalue weighted by Crippen LogP contribution is -2.41. The molecule has 0 radical (unpaired) electrons. The van der Waals surface area contributed by atoms with Crippen LogP contribution < -0.4 is 10.1 Å². The SMILES string of the molecule is CCn1cc(O[C@@H]2COC[C@@H]2NCc2cccc(COC)c2)cn1. The summed E-state index contributed by atoms with van der Waals surface area (Å²) < 4.78 is 18.7. The molecule has 1 aliphatic heterocycles. The minimum atomic E-state index is 0.00154. The summed E-state index contributed by atoms with van der Waals surface area (Å²) in [5.41, 5.74) is 2.41. The Kier molecular flexibility index (Phi) is 5.85. The van der Waals surface area contributed by atoms with Crippen LogP contribution in [0.15, 0.2) is 36.7 Å². The van der Waals surface area contributed by atoms with Crippen molar-refractivity contribution in [3.8, 4) is 5.75 Å². The minimum Gasteiger partial charge on any atom is -0.483 e. The second-order valence-corrected chi connectivity index (χ2v) is 5.97. The Hall–Kier alpha value is -1.89. The monoisotopic (exact) mass is 331 g/mol. The molecule has 1 aliphatic rings. The van der Waals surface area contributed by atoms with Crippen molar-refractivity contribution in [3.63, 3.8) is 0 Å². The number of aromatic nitrogens is 2. The molecule has 1 saturated heterocycles. The third-order valence-corrected chi connectivity index (χ3v) is 4.12. The van der Waals surface area contributed by atoms with E-state index in [-0.39, 0.29) is 12.1 Å². The second-order valence-electron chi connectivity index (χ2n) is 5.97. The molecule has 2 atom stereocenters. The van der Waals surface area contributed by atoms with E-state index in [4.69, 9.17) is 14.2 Å². The molecular formula is C18H25N3O3. The Balaban J connectivity index is 1.54. The molecule has 6 nitrogen and oxygen atoms in total. The maximum Gasteiger partial charge on any atom is 0.157 e. The number of ether oxygens (including phenoxy) is 3. The van der Waals surface area contributed by atoms with Gasteiger partial charge in [-0.05, 0) is 18.1 Å². The lowest BCUT2D eigenvalue weighted by Gasteiger charge is -2.20. The summed E-state index contributed by atoms with van der Waals surface area (Å²) in [7, 11) is 1.71. The van der Waals surface area contributed by atoms with E-state index in [1.807, 2.05) is 10.9 Å². The van der Waals surface area contributed by atoms with Gasteiger partial charge in [0, 0.05) is 20.2 Å². The number of aryl methyl sites for hydroxylation is 1. The van der Waals surface area contributed by atoms with E-state index in [1.165, 1.54) is 11.1 Å². The fraction of sp³-hybridized carbons (Fsp3) is 0.500. The van der Waals surface area contributed by atoms with Crippen LogP contribution in [-0.4, -0.2) is 42.2 Å². The molecule has 0 aliphatic carbocycles. The van der Waals surface area contributed by atoms with Crippen LogP contribution in [0, 0.1) is 0 Å². The number of benzene rings is 1. The lowest BCUT2D eigenvalue weighted by atomic mass is 10.1. The molecule has 6 heteroatoms. The summed E-state index contributed by atoms with van der Waals surface area (Å²) in [6.07, 6.45) is 3.68. The first-order valence-corrected chi connectivity index (χ1v) is 8.35. The number of nitrogens with zero attached hydrogens (tertiary/aromatic N) is 2. The van der Waals surface area contributed by atoms with Gasteiger partial charge in [-0.25, -0.2) is 0 Å².